The van der Waals surface area contributed by atoms with Gasteiger partial charge in [-0.1, -0.05) is 36.4 Å². The number of amides is 1. The molecule has 0 spiro atoms. The van der Waals surface area contributed by atoms with Gasteiger partial charge in [0.2, 0.25) is 5.91 Å². The number of nitrogen functional groups attached to an aromatic ring is 1. The summed E-state index contributed by atoms with van der Waals surface area (Å²) in [5.41, 5.74) is 8.00. The molecule has 7 heteroatoms. The van der Waals surface area contributed by atoms with Crippen LogP contribution < -0.4 is 11.1 Å². The molecule has 1 aromatic heterocycles. The maximum absolute atomic E-state index is 12.0. The first-order valence-corrected chi connectivity index (χ1v) is 10.9. The number of nitriles is 1. The summed E-state index contributed by atoms with van der Waals surface area (Å²) < 4.78 is 1.59. The quantitative estimate of drug-likeness (QED) is 0.383. The fourth-order valence-electron chi connectivity index (χ4n) is 3.05. The number of hydrogen-bond acceptors (Lipinski definition) is 5. The predicted molar refractivity (Wildman–Crippen MR) is 120 cm³/mol. The minimum Gasteiger partial charge on any atom is -0.382 e. The van der Waals surface area contributed by atoms with Crippen LogP contribution in [0, 0.1) is 11.3 Å². The number of aryl methyl sites for hydroxylation is 1. The van der Waals surface area contributed by atoms with Crippen molar-refractivity contribution in [1.82, 2.24) is 15.1 Å². The van der Waals surface area contributed by atoms with Gasteiger partial charge in [-0.3, -0.25) is 4.79 Å². The van der Waals surface area contributed by atoms with E-state index in [4.69, 9.17) is 5.73 Å². The van der Waals surface area contributed by atoms with Gasteiger partial charge in [0.25, 0.3) is 0 Å². The summed E-state index contributed by atoms with van der Waals surface area (Å²) in [6, 6.07) is 21.8. The predicted octanol–water partition coefficient (Wildman–Crippen LogP) is 3.95. The van der Waals surface area contributed by atoms with Crippen molar-refractivity contribution in [2.24, 2.45) is 0 Å². The molecule has 2 aromatic carbocycles. The van der Waals surface area contributed by atoms with E-state index in [0.29, 0.717) is 42.9 Å². The van der Waals surface area contributed by atoms with Crippen LogP contribution in [0.5, 0.6) is 0 Å². The van der Waals surface area contributed by atoms with Crippen molar-refractivity contribution in [3.63, 3.8) is 0 Å². The summed E-state index contributed by atoms with van der Waals surface area (Å²) in [7, 11) is 0. The largest absolute Gasteiger partial charge is 0.382 e. The fourth-order valence-corrected chi connectivity index (χ4v) is 3.93. The highest BCUT2D eigenvalue weighted by atomic mass is 32.2. The second kappa shape index (κ2) is 11.1. The molecule has 3 rings (SSSR count). The van der Waals surface area contributed by atoms with Gasteiger partial charge in [0.1, 0.15) is 17.5 Å². The third-order valence-corrected chi connectivity index (χ3v) is 5.68. The maximum Gasteiger partial charge on any atom is 0.220 e. The van der Waals surface area contributed by atoms with Crippen molar-refractivity contribution in [2.45, 2.75) is 30.6 Å². The third-order valence-electron chi connectivity index (χ3n) is 4.58. The Morgan fingerprint density at radius 3 is 2.50 bits per heavy atom. The molecule has 0 saturated carbocycles. The first-order valence-electron chi connectivity index (χ1n) is 9.96. The number of carbonyl (C=O) groups excluding carboxylic acids is 1. The Hall–Kier alpha value is -3.24. The number of rotatable bonds is 10. The average Bonchev–Trinajstić information content (AvgIpc) is 3.11. The second-order valence-corrected chi connectivity index (χ2v) is 7.95. The summed E-state index contributed by atoms with van der Waals surface area (Å²) in [5, 5.41) is 16.9. The zero-order valence-corrected chi connectivity index (χ0v) is 17.6. The van der Waals surface area contributed by atoms with Crippen LogP contribution in [0.25, 0.3) is 5.69 Å². The summed E-state index contributed by atoms with van der Waals surface area (Å²) in [6.45, 7) is 0.549. The number of nitrogens with one attached hydrogen (secondary N) is 1. The number of anilines is 1. The van der Waals surface area contributed by atoms with Crippen molar-refractivity contribution in [1.29, 1.82) is 5.26 Å². The first kappa shape index (κ1) is 21.5. The van der Waals surface area contributed by atoms with Crippen LogP contribution in [0.3, 0.4) is 0 Å². The van der Waals surface area contributed by atoms with Crippen molar-refractivity contribution in [3.8, 4) is 11.8 Å². The minimum absolute atomic E-state index is 0.0542. The number of thioether (sulfide) groups is 1. The lowest BCUT2D eigenvalue weighted by atomic mass is 10.1. The molecule has 0 atom stereocenters. The average molecular weight is 420 g/mol. The standard InChI is InChI=1S/C23H25N5OS/c24-17-20-21(27-28(23(20)25)18-9-3-1-4-10-18)13-7-15-26-22(29)14-8-16-30-19-11-5-2-6-12-19/h1-6,9-12H,7-8,13-16,25H2,(H,26,29). The monoisotopic (exact) mass is 419 g/mol. The van der Waals surface area contributed by atoms with Gasteiger partial charge in [-0.2, -0.15) is 10.4 Å². The number of hydrogen-bond donors (Lipinski definition) is 2. The Morgan fingerprint density at radius 2 is 1.80 bits per heavy atom. The van der Waals surface area contributed by atoms with Gasteiger partial charge in [0.05, 0.1) is 11.4 Å². The molecule has 0 saturated heterocycles. The molecule has 1 amide bonds. The van der Waals surface area contributed by atoms with Gasteiger partial charge in [-0.25, -0.2) is 4.68 Å². The van der Waals surface area contributed by atoms with E-state index < -0.39 is 0 Å². The number of para-hydroxylation sites is 1. The third kappa shape index (κ3) is 5.88. The summed E-state index contributed by atoms with van der Waals surface area (Å²) in [5.74, 6) is 1.32. The van der Waals surface area contributed by atoms with E-state index >= 15 is 0 Å². The Kier molecular flexibility index (Phi) is 7.93. The molecule has 1 heterocycles. The Labute approximate surface area is 181 Å². The lowest BCUT2D eigenvalue weighted by Crippen LogP contribution is -2.24. The van der Waals surface area contributed by atoms with Crippen LogP contribution in [0.4, 0.5) is 5.82 Å². The minimum atomic E-state index is 0.0542. The number of nitrogens with two attached hydrogens (primary N) is 1. The van der Waals surface area contributed by atoms with Crippen molar-refractivity contribution in [3.05, 3.63) is 71.9 Å². The Morgan fingerprint density at radius 1 is 1.10 bits per heavy atom. The number of nitrogens with zero attached hydrogens (tertiary/aromatic N) is 3. The smallest absolute Gasteiger partial charge is 0.220 e. The highest BCUT2D eigenvalue weighted by molar-refractivity contribution is 7.99. The summed E-state index contributed by atoms with van der Waals surface area (Å²) in [6.07, 6.45) is 2.63. The molecule has 0 fully saturated rings. The molecular weight excluding hydrogens is 394 g/mol. The maximum atomic E-state index is 12.0. The van der Waals surface area contributed by atoms with E-state index in [9.17, 15) is 10.1 Å². The molecule has 0 aliphatic carbocycles. The molecule has 0 bridgehead atoms. The van der Waals surface area contributed by atoms with Gasteiger partial charge in [0, 0.05) is 17.9 Å². The second-order valence-electron chi connectivity index (χ2n) is 6.78. The number of carbonyl (C=O) groups is 1. The van der Waals surface area contributed by atoms with E-state index in [1.54, 1.807) is 16.4 Å². The number of benzene rings is 2. The zero-order chi connectivity index (χ0) is 21.2. The molecule has 0 unspecified atom stereocenters. The van der Waals surface area contributed by atoms with Crippen molar-refractivity contribution in [2.75, 3.05) is 18.0 Å². The molecule has 3 N–H and O–H groups in total. The van der Waals surface area contributed by atoms with Gasteiger partial charge >= 0.3 is 0 Å². The highest BCUT2D eigenvalue weighted by Gasteiger charge is 2.16. The van der Waals surface area contributed by atoms with Crippen molar-refractivity contribution < 1.29 is 4.79 Å². The molecule has 30 heavy (non-hydrogen) atoms. The molecule has 0 aliphatic heterocycles. The van der Waals surface area contributed by atoms with Crippen LogP contribution in [0.15, 0.2) is 65.6 Å². The van der Waals surface area contributed by atoms with E-state index in [1.807, 2.05) is 48.5 Å². The Bertz CT molecular complexity index is 996. The lowest BCUT2D eigenvalue weighted by Gasteiger charge is -2.05. The molecule has 6 nitrogen and oxygen atoms in total. The lowest BCUT2D eigenvalue weighted by molar-refractivity contribution is -0.121. The van der Waals surface area contributed by atoms with Crippen LogP contribution in [0.2, 0.25) is 0 Å². The van der Waals surface area contributed by atoms with Crippen LogP contribution in [-0.2, 0) is 11.2 Å². The molecular formula is C23H25N5OS. The Balaban J connectivity index is 1.41. The molecule has 154 valence electrons. The number of aromatic nitrogens is 2. The van der Waals surface area contributed by atoms with Crippen LogP contribution in [-0.4, -0.2) is 28.0 Å². The van der Waals surface area contributed by atoms with Gasteiger partial charge < -0.3 is 11.1 Å². The normalized spacial score (nSPS) is 10.5. The van der Waals surface area contributed by atoms with Crippen LogP contribution in [0.1, 0.15) is 30.5 Å². The van der Waals surface area contributed by atoms with Gasteiger partial charge in [0.15, 0.2) is 0 Å². The molecule has 3 aromatic rings. The van der Waals surface area contributed by atoms with E-state index in [2.05, 4.69) is 28.6 Å². The molecule has 0 radical (unpaired) electrons. The summed E-state index contributed by atoms with van der Waals surface area (Å²) >= 11 is 1.76. The van der Waals surface area contributed by atoms with E-state index in [1.165, 1.54) is 4.90 Å². The van der Waals surface area contributed by atoms with Gasteiger partial charge in [-0.15, -0.1) is 11.8 Å². The molecule has 0 aliphatic rings. The first-order chi connectivity index (χ1) is 14.7. The highest BCUT2D eigenvalue weighted by Crippen LogP contribution is 2.21. The van der Waals surface area contributed by atoms with Gasteiger partial charge in [-0.05, 0) is 49.3 Å². The zero-order valence-electron chi connectivity index (χ0n) is 16.8. The van der Waals surface area contributed by atoms with Crippen molar-refractivity contribution >= 4 is 23.5 Å². The fraction of sp³-hybridized carbons (Fsp3) is 0.261. The SMILES string of the molecule is N#Cc1c(CCCNC(=O)CCCSc2ccccc2)nn(-c2ccccc2)c1N. The van der Waals surface area contributed by atoms with E-state index in [-0.39, 0.29) is 5.91 Å². The summed E-state index contributed by atoms with van der Waals surface area (Å²) in [4.78, 5) is 13.2. The van der Waals surface area contributed by atoms with E-state index in [0.717, 1.165) is 17.9 Å². The topological polar surface area (TPSA) is 96.7 Å². The van der Waals surface area contributed by atoms with Crippen LogP contribution >= 0.6 is 11.8 Å².